The summed E-state index contributed by atoms with van der Waals surface area (Å²) in [5.74, 6) is 0.408. The summed E-state index contributed by atoms with van der Waals surface area (Å²) in [6.45, 7) is 0.631. The van der Waals surface area contributed by atoms with Crippen LogP contribution in [0.1, 0.15) is 5.56 Å². The van der Waals surface area contributed by atoms with Gasteiger partial charge in [-0.2, -0.15) is 0 Å². The number of rotatable bonds is 7. The third-order valence-electron chi connectivity index (χ3n) is 3.29. The second-order valence-electron chi connectivity index (χ2n) is 5.29. The Balaban J connectivity index is 1.50. The molecule has 0 amide bonds. The highest BCUT2D eigenvalue weighted by Crippen LogP contribution is 2.25. The Hall–Kier alpha value is -1.02. The summed E-state index contributed by atoms with van der Waals surface area (Å²) >= 11 is 19.3. The van der Waals surface area contributed by atoms with Gasteiger partial charge in [0.1, 0.15) is 0 Å². The molecule has 25 heavy (non-hydrogen) atoms. The molecule has 0 spiro atoms. The zero-order valence-corrected chi connectivity index (χ0v) is 16.0. The number of thioether (sulfide) groups is 1. The maximum Gasteiger partial charge on any atom is 0.195 e. The van der Waals surface area contributed by atoms with Gasteiger partial charge in [-0.05, 0) is 23.8 Å². The van der Waals surface area contributed by atoms with Gasteiger partial charge in [0, 0.05) is 17.0 Å². The van der Waals surface area contributed by atoms with Crippen LogP contribution in [0.25, 0.3) is 5.65 Å². The van der Waals surface area contributed by atoms with Gasteiger partial charge in [0.25, 0.3) is 0 Å². The molecule has 2 heterocycles. The van der Waals surface area contributed by atoms with Crippen LogP contribution in [0.3, 0.4) is 0 Å². The SMILES string of the molecule is OC(COCc1ccc(Cl)cc1)CSc1nnc2c(Cl)cc(Cl)cn12. The number of ether oxygens (including phenoxy) is 1. The fourth-order valence-electron chi connectivity index (χ4n) is 2.11. The van der Waals surface area contributed by atoms with Gasteiger partial charge in [-0.1, -0.05) is 58.7 Å². The van der Waals surface area contributed by atoms with Gasteiger partial charge in [-0.15, -0.1) is 10.2 Å². The van der Waals surface area contributed by atoms with Gasteiger partial charge in [0.2, 0.25) is 0 Å². The maximum atomic E-state index is 10.1. The predicted octanol–water partition coefficient (Wildman–Crippen LogP) is 4.36. The Morgan fingerprint density at radius 2 is 1.88 bits per heavy atom. The minimum atomic E-state index is -0.640. The van der Waals surface area contributed by atoms with Crippen LogP contribution in [0, 0.1) is 0 Å². The summed E-state index contributed by atoms with van der Waals surface area (Å²) in [4.78, 5) is 0. The first-order chi connectivity index (χ1) is 12.0. The summed E-state index contributed by atoms with van der Waals surface area (Å²) in [5, 5.41) is 20.4. The van der Waals surface area contributed by atoms with E-state index in [2.05, 4.69) is 10.2 Å². The normalized spacial score (nSPS) is 12.6. The fraction of sp³-hybridized carbons (Fsp3) is 0.250. The number of hydrogen-bond acceptors (Lipinski definition) is 5. The molecule has 9 heteroatoms. The van der Waals surface area contributed by atoms with Gasteiger partial charge in [0.05, 0.1) is 29.4 Å². The molecule has 0 aliphatic rings. The second kappa shape index (κ2) is 8.58. The Morgan fingerprint density at radius 3 is 2.64 bits per heavy atom. The Bertz CT molecular complexity index is 858. The second-order valence-corrected chi connectivity index (χ2v) is 7.56. The van der Waals surface area contributed by atoms with Crippen LogP contribution in [-0.2, 0) is 11.3 Å². The number of hydrogen-bond donors (Lipinski definition) is 1. The number of fused-ring (bicyclic) bond motifs is 1. The van der Waals surface area contributed by atoms with Crippen LogP contribution in [-0.4, -0.2) is 38.2 Å². The van der Waals surface area contributed by atoms with Crippen molar-refractivity contribution in [2.75, 3.05) is 12.4 Å². The van der Waals surface area contributed by atoms with Gasteiger partial charge < -0.3 is 9.84 Å². The first kappa shape index (κ1) is 18.8. The summed E-state index contributed by atoms with van der Waals surface area (Å²) in [6.07, 6.45) is 1.05. The highest BCUT2D eigenvalue weighted by atomic mass is 35.5. The molecule has 1 unspecified atom stereocenters. The van der Waals surface area contributed by atoms with E-state index in [0.29, 0.717) is 38.2 Å². The lowest BCUT2D eigenvalue weighted by Crippen LogP contribution is -2.18. The molecule has 0 saturated heterocycles. The molecule has 3 rings (SSSR count). The molecule has 0 bridgehead atoms. The lowest BCUT2D eigenvalue weighted by atomic mass is 10.2. The third-order valence-corrected chi connectivity index (χ3v) is 5.12. The zero-order chi connectivity index (χ0) is 17.8. The largest absolute Gasteiger partial charge is 0.390 e. The molecule has 1 atom stereocenters. The first-order valence-electron chi connectivity index (χ1n) is 7.36. The quantitative estimate of drug-likeness (QED) is 0.578. The predicted molar refractivity (Wildman–Crippen MR) is 101 cm³/mol. The third kappa shape index (κ3) is 5.00. The lowest BCUT2D eigenvalue weighted by molar-refractivity contribution is 0.0398. The van der Waals surface area contributed by atoms with E-state index >= 15 is 0 Å². The summed E-state index contributed by atoms with van der Waals surface area (Å²) in [7, 11) is 0. The molecule has 0 saturated carbocycles. The maximum absolute atomic E-state index is 10.1. The number of halogens is 3. The molecule has 1 N–H and O–H groups in total. The van der Waals surface area contributed by atoms with Crippen LogP contribution in [0.15, 0.2) is 41.7 Å². The zero-order valence-electron chi connectivity index (χ0n) is 12.9. The molecule has 0 radical (unpaired) electrons. The Kier molecular flexibility index (Phi) is 6.44. The molecular weight excluding hydrogens is 405 g/mol. The molecule has 0 aliphatic carbocycles. The number of nitrogens with zero attached hydrogens (tertiary/aromatic N) is 3. The topological polar surface area (TPSA) is 59.7 Å². The monoisotopic (exact) mass is 417 g/mol. The van der Waals surface area contributed by atoms with Crippen molar-refractivity contribution >= 4 is 52.2 Å². The summed E-state index contributed by atoms with van der Waals surface area (Å²) in [6, 6.07) is 9.00. The summed E-state index contributed by atoms with van der Waals surface area (Å²) in [5.41, 5.74) is 1.53. The number of aliphatic hydroxyl groups excluding tert-OH is 1. The molecule has 0 fully saturated rings. The number of aliphatic hydroxyl groups is 1. The molecule has 1 aromatic carbocycles. The fourth-order valence-corrected chi connectivity index (χ4v) is 3.56. The molecule has 2 aromatic heterocycles. The van der Waals surface area contributed by atoms with E-state index in [0.717, 1.165) is 5.56 Å². The lowest BCUT2D eigenvalue weighted by Gasteiger charge is -2.10. The van der Waals surface area contributed by atoms with E-state index in [1.807, 2.05) is 12.1 Å². The van der Waals surface area contributed by atoms with E-state index in [-0.39, 0.29) is 6.61 Å². The molecule has 5 nitrogen and oxygen atoms in total. The van der Waals surface area contributed by atoms with Crippen LogP contribution in [0.2, 0.25) is 15.1 Å². The molecule has 0 aliphatic heterocycles. The van der Waals surface area contributed by atoms with Crippen LogP contribution >= 0.6 is 46.6 Å². The average Bonchev–Trinajstić information content (AvgIpc) is 2.98. The highest BCUT2D eigenvalue weighted by molar-refractivity contribution is 7.99. The molecular formula is C16H14Cl3N3O2S. The van der Waals surface area contributed by atoms with E-state index in [9.17, 15) is 5.11 Å². The smallest absolute Gasteiger partial charge is 0.195 e. The summed E-state index contributed by atoms with van der Waals surface area (Å²) < 4.78 is 7.23. The van der Waals surface area contributed by atoms with E-state index in [1.54, 1.807) is 28.8 Å². The number of aromatic nitrogens is 3. The minimum absolute atomic E-state index is 0.216. The minimum Gasteiger partial charge on any atom is -0.390 e. The van der Waals surface area contributed by atoms with Crippen molar-refractivity contribution in [1.82, 2.24) is 14.6 Å². The van der Waals surface area contributed by atoms with Gasteiger partial charge in [-0.25, -0.2) is 0 Å². The Labute approximate surface area is 163 Å². The van der Waals surface area contributed by atoms with E-state index in [1.165, 1.54) is 11.8 Å². The first-order valence-corrected chi connectivity index (χ1v) is 9.47. The standard InChI is InChI=1S/C16H14Cl3N3O2S/c17-11-3-1-10(2-4-11)7-24-8-13(23)9-25-16-21-20-15-14(19)5-12(18)6-22(15)16/h1-6,13,23H,7-9H2. The van der Waals surface area contributed by atoms with Crippen LogP contribution < -0.4 is 0 Å². The molecule has 132 valence electrons. The van der Waals surface area contributed by atoms with Crippen molar-refractivity contribution in [1.29, 1.82) is 0 Å². The van der Waals surface area contributed by atoms with Gasteiger partial charge >= 0.3 is 0 Å². The van der Waals surface area contributed by atoms with Crippen molar-refractivity contribution in [3.8, 4) is 0 Å². The van der Waals surface area contributed by atoms with Crippen molar-refractivity contribution in [3.63, 3.8) is 0 Å². The van der Waals surface area contributed by atoms with Crippen molar-refractivity contribution in [2.45, 2.75) is 17.9 Å². The number of benzene rings is 1. The average molecular weight is 419 g/mol. The van der Waals surface area contributed by atoms with Crippen LogP contribution in [0.4, 0.5) is 0 Å². The molecule has 3 aromatic rings. The highest BCUT2D eigenvalue weighted by Gasteiger charge is 2.13. The van der Waals surface area contributed by atoms with Gasteiger partial charge in [0.15, 0.2) is 10.8 Å². The van der Waals surface area contributed by atoms with Gasteiger partial charge in [-0.3, -0.25) is 4.40 Å². The van der Waals surface area contributed by atoms with E-state index < -0.39 is 6.10 Å². The van der Waals surface area contributed by atoms with Crippen molar-refractivity contribution in [2.24, 2.45) is 0 Å². The van der Waals surface area contributed by atoms with Crippen molar-refractivity contribution < 1.29 is 9.84 Å². The van der Waals surface area contributed by atoms with Crippen LogP contribution in [0.5, 0.6) is 0 Å². The van der Waals surface area contributed by atoms with E-state index in [4.69, 9.17) is 39.5 Å². The Morgan fingerprint density at radius 1 is 1.12 bits per heavy atom. The van der Waals surface area contributed by atoms with Crippen molar-refractivity contribution in [3.05, 3.63) is 57.2 Å². The number of pyridine rings is 1.